The number of nitrogens with zero attached hydrogens (tertiary/aromatic N) is 2. The number of rotatable bonds is 5. The Morgan fingerprint density at radius 2 is 1.47 bits per heavy atom. The average Bonchev–Trinajstić information content (AvgIpc) is 2.73. The van der Waals surface area contributed by atoms with Crippen LogP contribution >= 0.6 is 0 Å². The Bertz CT molecular complexity index is 1140. The zero-order chi connectivity index (χ0) is 22.1. The summed E-state index contributed by atoms with van der Waals surface area (Å²) in [4.78, 5) is 14.0. The van der Waals surface area contributed by atoms with Gasteiger partial charge in [0.1, 0.15) is 10.7 Å². The van der Waals surface area contributed by atoms with Crippen molar-refractivity contribution < 1.29 is 26.0 Å². The molecule has 7 nitrogen and oxygen atoms in total. The average molecular weight is 455 g/mol. The fourth-order valence-corrected chi connectivity index (χ4v) is 5.71. The molecule has 0 bridgehead atoms. The van der Waals surface area contributed by atoms with Crippen molar-refractivity contribution in [3.8, 4) is 0 Å². The van der Waals surface area contributed by atoms with E-state index >= 15 is 0 Å². The van der Waals surface area contributed by atoms with Gasteiger partial charge in [0.25, 0.3) is 5.91 Å². The van der Waals surface area contributed by atoms with Crippen molar-refractivity contribution in [1.82, 2.24) is 9.21 Å². The molecule has 10 heteroatoms. The summed E-state index contributed by atoms with van der Waals surface area (Å²) in [6, 6.07) is 10.9. The van der Waals surface area contributed by atoms with E-state index in [1.807, 2.05) is 0 Å². The second-order valence-corrected chi connectivity index (χ2v) is 11.7. The minimum Gasteiger partial charge on any atom is -0.336 e. The van der Waals surface area contributed by atoms with Crippen LogP contribution < -0.4 is 0 Å². The maximum Gasteiger partial charge on any atom is 0.253 e. The molecule has 0 saturated carbocycles. The van der Waals surface area contributed by atoms with Crippen LogP contribution in [0.2, 0.25) is 0 Å². The molecule has 162 valence electrons. The Kier molecular flexibility index (Phi) is 6.30. The predicted molar refractivity (Wildman–Crippen MR) is 110 cm³/mol. The second-order valence-electron chi connectivity index (χ2n) is 7.24. The summed E-state index contributed by atoms with van der Waals surface area (Å²) in [7, 11) is -7.41. The van der Waals surface area contributed by atoms with E-state index in [0.717, 1.165) is 10.4 Å². The summed E-state index contributed by atoms with van der Waals surface area (Å²) < 4.78 is 64.8. The first kappa shape index (κ1) is 22.4. The minimum absolute atomic E-state index is 0.0439. The molecule has 1 amide bonds. The van der Waals surface area contributed by atoms with Gasteiger partial charge in [-0.25, -0.2) is 21.2 Å². The van der Waals surface area contributed by atoms with Gasteiger partial charge >= 0.3 is 0 Å². The van der Waals surface area contributed by atoms with Crippen LogP contribution in [0.4, 0.5) is 4.39 Å². The highest BCUT2D eigenvalue weighted by Gasteiger charge is 2.32. The van der Waals surface area contributed by atoms with E-state index in [1.165, 1.54) is 47.4 Å². The maximum atomic E-state index is 13.9. The number of benzene rings is 2. The number of carbonyl (C=O) groups excluding carboxylic acids is 1. The van der Waals surface area contributed by atoms with Crippen molar-refractivity contribution >= 4 is 25.8 Å². The highest BCUT2D eigenvalue weighted by atomic mass is 32.2. The van der Waals surface area contributed by atoms with Crippen LogP contribution in [0.5, 0.6) is 0 Å². The lowest BCUT2D eigenvalue weighted by molar-refractivity contribution is 0.0697. The highest BCUT2D eigenvalue weighted by Crippen LogP contribution is 2.22. The van der Waals surface area contributed by atoms with Crippen molar-refractivity contribution in [2.45, 2.75) is 28.9 Å². The largest absolute Gasteiger partial charge is 0.336 e. The van der Waals surface area contributed by atoms with Crippen LogP contribution in [0, 0.1) is 5.82 Å². The smallest absolute Gasteiger partial charge is 0.253 e. The molecule has 2 aromatic carbocycles. The molecule has 0 atom stereocenters. The molecule has 1 aliphatic rings. The topological polar surface area (TPSA) is 91.8 Å². The number of sulfone groups is 1. The lowest BCUT2D eigenvalue weighted by atomic mass is 10.2. The van der Waals surface area contributed by atoms with Gasteiger partial charge in [-0.1, -0.05) is 12.1 Å². The highest BCUT2D eigenvalue weighted by molar-refractivity contribution is 7.92. The molecule has 0 spiro atoms. The van der Waals surface area contributed by atoms with Gasteiger partial charge in [0.15, 0.2) is 9.84 Å². The Balaban J connectivity index is 1.69. The van der Waals surface area contributed by atoms with E-state index in [4.69, 9.17) is 0 Å². The fraction of sp³-hybridized carbons (Fsp3) is 0.350. The van der Waals surface area contributed by atoms with Gasteiger partial charge in [-0.15, -0.1) is 0 Å². The van der Waals surface area contributed by atoms with Crippen molar-refractivity contribution in [2.24, 2.45) is 0 Å². The molecular weight excluding hydrogens is 431 g/mol. The third-order valence-electron chi connectivity index (χ3n) is 5.03. The Hall–Kier alpha value is -2.30. The molecule has 1 aliphatic heterocycles. The van der Waals surface area contributed by atoms with Crippen molar-refractivity contribution in [3.63, 3.8) is 0 Å². The van der Waals surface area contributed by atoms with E-state index in [2.05, 4.69) is 0 Å². The maximum absolute atomic E-state index is 13.9. The summed E-state index contributed by atoms with van der Waals surface area (Å²) in [5.74, 6) is -1.13. The van der Waals surface area contributed by atoms with E-state index in [0.29, 0.717) is 5.56 Å². The van der Waals surface area contributed by atoms with Gasteiger partial charge in [0.05, 0.1) is 10.1 Å². The zero-order valence-corrected chi connectivity index (χ0v) is 18.3. The van der Waals surface area contributed by atoms with E-state index in [1.54, 1.807) is 13.8 Å². The molecular formula is C20H23FN2O5S2. The fourth-order valence-electron chi connectivity index (χ4n) is 3.17. The molecule has 1 heterocycles. The summed E-state index contributed by atoms with van der Waals surface area (Å²) in [5.41, 5.74) is 0.322. The minimum atomic E-state index is -3.98. The van der Waals surface area contributed by atoms with Crippen molar-refractivity contribution in [1.29, 1.82) is 0 Å². The molecule has 3 rings (SSSR count). The zero-order valence-electron chi connectivity index (χ0n) is 16.7. The quantitative estimate of drug-likeness (QED) is 0.690. The molecule has 1 saturated heterocycles. The van der Waals surface area contributed by atoms with Crippen molar-refractivity contribution in [3.05, 3.63) is 59.9 Å². The molecule has 0 N–H and O–H groups in total. The third kappa shape index (κ3) is 4.26. The summed E-state index contributed by atoms with van der Waals surface area (Å²) >= 11 is 0. The van der Waals surface area contributed by atoms with Gasteiger partial charge in [0, 0.05) is 31.7 Å². The number of piperazine rings is 1. The Labute approximate surface area is 176 Å². The van der Waals surface area contributed by atoms with E-state index < -0.39 is 30.9 Å². The molecule has 0 unspecified atom stereocenters. The number of hydrogen-bond donors (Lipinski definition) is 0. The molecule has 30 heavy (non-hydrogen) atoms. The number of hydrogen-bond acceptors (Lipinski definition) is 5. The number of sulfonamides is 1. The Morgan fingerprint density at radius 1 is 0.900 bits per heavy atom. The molecule has 0 aromatic heterocycles. The summed E-state index contributed by atoms with van der Waals surface area (Å²) in [5, 5.41) is -0.566. The van der Waals surface area contributed by atoms with Crippen LogP contribution in [0.3, 0.4) is 0 Å². The standard InChI is InChI=1S/C20H23FN2O5S2/c1-15(2)29(25,26)17-9-7-16(8-10-17)20(24)22-11-13-23(14-12-22)30(27,28)19-6-4-3-5-18(19)21/h3-10,15H,11-14H2,1-2H3. The summed E-state index contributed by atoms with van der Waals surface area (Å²) in [6.45, 7) is 3.56. The van der Waals surface area contributed by atoms with E-state index in [9.17, 15) is 26.0 Å². The molecule has 0 aliphatic carbocycles. The molecule has 1 fully saturated rings. The molecule has 0 radical (unpaired) electrons. The number of carbonyl (C=O) groups is 1. The van der Waals surface area contributed by atoms with E-state index in [-0.39, 0.29) is 41.9 Å². The van der Waals surface area contributed by atoms with Crippen LogP contribution in [-0.4, -0.2) is 63.4 Å². The first-order chi connectivity index (χ1) is 14.0. The predicted octanol–water partition coefficient (Wildman–Crippen LogP) is 2.15. The van der Waals surface area contributed by atoms with Crippen molar-refractivity contribution in [2.75, 3.05) is 26.2 Å². The molecule has 2 aromatic rings. The van der Waals surface area contributed by atoms with Crippen LogP contribution in [0.25, 0.3) is 0 Å². The van der Waals surface area contributed by atoms with Crippen LogP contribution in [0.1, 0.15) is 24.2 Å². The van der Waals surface area contributed by atoms with Gasteiger partial charge < -0.3 is 4.90 Å². The number of amides is 1. The first-order valence-corrected chi connectivity index (χ1v) is 12.4. The van der Waals surface area contributed by atoms with Gasteiger partial charge in [0.2, 0.25) is 10.0 Å². The first-order valence-electron chi connectivity index (χ1n) is 9.43. The number of halogens is 1. The third-order valence-corrected chi connectivity index (χ3v) is 9.13. The summed E-state index contributed by atoms with van der Waals surface area (Å²) in [6.07, 6.45) is 0. The normalized spacial score (nSPS) is 16.1. The van der Waals surface area contributed by atoms with Gasteiger partial charge in [-0.3, -0.25) is 4.79 Å². The monoisotopic (exact) mass is 454 g/mol. The SMILES string of the molecule is CC(C)S(=O)(=O)c1ccc(C(=O)N2CCN(S(=O)(=O)c3ccccc3F)CC2)cc1. The Morgan fingerprint density at radius 3 is 2.00 bits per heavy atom. The van der Waals surface area contributed by atoms with Gasteiger partial charge in [-0.05, 0) is 50.2 Å². The van der Waals surface area contributed by atoms with Crippen LogP contribution in [0.15, 0.2) is 58.3 Å². The lowest BCUT2D eigenvalue weighted by Gasteiger charge is -2.34. The van der Waals surface area contributed by atoms with Crippen LogP contribution in [-0.2, 0) is 19.9 Å². The second kappa shape index (κ2) is 8.44. The lowest BCUT2D eigenvalue weighted by Crippen LogP contribution is -2.50. The van der Waals surface area contributed by atoms with Gasteiger partial charge in [-0.2, -0.15) is 4.31 Å².